The van der Waals surface area contributed by atoms with Crippen molar-refractivity contribution in [1.29, 1.82) is 5.26 Å². The third-order valence-corrected chi connectivity index (χ3v) is 4.91. The number of aryl methyl sites for hydroxylation is 1. The molecule has 1 N–H and O–H groups in total. The Bertz CT molecular complexity index is 734. The van der Waals surface area contributed by atoms with Gasteiger partial charge in [-0.1, -0.05) is 11.6 Å². The molecule has 0 spiro atoms. The van der Waals surface area contributed by atoms with Crippen molar-refractivity contribution in [3.8, 4) is 6.07 Å². The van der Waals surface area contributed by atoms with Crippen molar-refractivity contribution >= 4 is 49.8 Å². The largest absolute Gasteiger partial charge is 0.312 e. The van der Waals surface area contributed by atoms with Crippen LogP contribution >= 0.6 is 38.9 Å². The van der Waals surface area contributed by atoms with Crippen molar-refractivity contribution in [1.82, 2.24) is 0 Å². The van der Waals surface area contributed by atoms with Crippen LogP contribution in [-0.2, 0) is 0 Å². The molecular weight excluding hydrogens is 360 g/mol. The summed E-state index contributed by atoms with van der Waals surface area (Å²) in [7, 11) is 0. The van der Waals surface area contributed by atoms with Crippen LogP contribution in [0.15, 0.2) is 22.7 Å². The number of carbonyl (C=O) groups excluding carboxylic acids is 1. The Morgan fingerprint density at radius 2 is 2.15 bits per heavy atom. The van der Waals surface area contributed by atoms with E-state index < -0.39 is 0 Å². The molecule has 1 heterocycles. The number of nitriles is 1. The molecule has 20 heavy (non-hydrogen) atoms. The van der Waals surface area contributed by atoms with Crippen LogP contribution in [0.3, 0.4) is 0 Å². The summed E-state index contributed by atoms with van der Waals surface area (Å²) in [4.78, 5) is 13.3. The Morgan fingerprint density at radius 1 is 1.45 bits per heavy atom. The van der Waals surface area contributed by atoms with Gasteiger partial charge in [0.2, 0.25) is 0 Å². The highest BCUT2D eigenvalue weighted by atomic mass is 79.9. The van der Waals surface area contributed by atoms with Crippen LogP contribution in [0.25, 0.3) is 0 Å². The molecule has 0 saturated heterocycles. The second-order valence-electron chi connectivity index (χ2n) is 4.18. The Balaban J connectivity index is 2.33. The Labute approximate surface area is 134 Å². The van der Waals surface area contributed by atoms with E-state index in [-0.39, 0.29) is 5.91 Å². The van der Waals surface area contributed by atoms with Gasteiger partial charge < -0.3 is 5.32 Å². The van der Waals surface area contributed by atoms with Crippen LogP contribution in [0.4, 0.5) is 5.00 Å². The second-order valence-corrected chi connectivity index (χ2v) is 6.69. The van der Waals surface area contributed by atoms with E-state index in [4.69, 9.17) is 16.9 Å². The minimum atomic E-state index is -0.272. The average molecular weight is 370 g/mol. The highest BCUT2D eigenvalue weighted by molar-refractivity contribution is 9.10. The number of benzene rings is 1. The molecular formula is C14H10BrClN2OS. The van der Waals surface area contributed by atoms with Gasteiger partial charge in [-0.15, -0.1) is 11.3 Å². The molecule has 0 aliphatic rings. The number of hydrogen-bond acceptors (Lipinski definition) is 3. The van der Waals surface area contributed by atoms with Gasteiger partial charge in [0.25, 0.3) is 5.91 Å². The van der Waals surface area contributed by atoms with Gasteiger partial charge in [-0.25, -0.2) is 0 Å². The molecule has 2 rings (SSSR count). The smallest absolute Gasteiger partial charge is 0.257 e. The first-order valence-corrected chi connectivity index (χ1v) is 7.69. The molecule has 102 valence electrons. The zero-order valence-corrected chi connectivity index (χ0v) is 13.9. The molecule has 0 saturated carbocycles. The van der Waals surface area contributed by atoms with Gasteiger partial charge in [0.15, 0.2) is 0 Å². The molecule has 0 unspecified atom stereocenters. The van der Waals surface area contributed by atoms with Gasteiger partial charge in [0.1, 0.15) is 11.1 Å². The van der Waals surface area contributed by atoms with E-state index in [9.17, 15) is 4.79 Å². The molecule has 3 nitrogen and oxygen atoms in total. The fourth-order valence-corrected chi connectivity index (χ4v) is 3.56. The maximum Gasteiger partial charge on any atom is 0.257 e. The summed E-state index contributed by atoms with van der Waals surface area (Å²) in [5, 5.41) is 13.1. The van der Waals surface area contributed by atoms with Gasteiger partial charge in [0.05, 0.1) is 11.1 Å². The topological polar surface area (TPSA) is 52.9 Å². The van der Waals surface area contributed by atoms with Crippen molar-refractivity contribution in [2.24, 2.45) is 0 Å². The van der Waals surface area contributed by atoms with Gasteiger partial charge in [-0.2, -0.15) is 5.26 Å². The summed E-state index contributed by atoms with van der Waals surface area (Å²) < 4.78 is 0.617. The summed E-state index contributed by atoms with van der Waals surface area (Å²) in [6.07, 6.45) is 0. The van der Waals surface area contributed by atoms with Crippen molar-refractivity contribution < 1.29 is 4.79 Å². The van der Waals surface area contributed by atoms with E-state index in [2.05, 4.69) is 27.3 Å². The van der Waals surface area contributed by atoms with E-state index in [1.807, 2.05) is 13.8 Å². The predicted molar refractivity (Wildman–Crippen MR) is 85.6 cm³/mol. The summed E-state index contributed by atoms with van der Waals surface area (Å²) >= 11 is 10.6. The molecule has 2 aromatic rings. The standard InChI is InChI=1S/C14H10BrClN2OS/c1-7-8(2)20-14(11(7)6-17)18-13(19)10-4-3-9(16)5-12(10)15/h3-5H,1-2H3,(H,18,19). The van der Waals surface area contributed by atoms with Gasteiger partial charge in [-0.3, -0.25) is 4.79 Å². The van der Waals surface area contributed by atoms with Crippen molar-refractivity contribution in [3.05, 3.63) is 49.3 Å². The molecule has 1 amide bonds. The number of amides is 1. The number of nitrogens with zero attached hydrogens (tertiary/aromatic N) is 1. The Morgan fingerprint density at radius 3 is 2.75 bits per heavy atom. The average Bonchev–Trinajstić information content (AvgIpc) is 2.64. The monoisotopic (exact) mass is 368 g/mol. The van der Waals surface area contributed by atoms with Gasteiger partial charge in [0, 0.05) is 14.4 Å². The number of nitrogens with one attached hydrogen (secondary N) is 1. The number of hydrogen-bond donors (Lipinski definition) is 1. The van der Waals surface area contributed by atoms with Gasteiger partial charge in [-0.05, 0) is 53.5 Å². The highest BCUT2D eigenvalue weighted by Gasteiger charge is 2.17. The third-order valence-electron chi connectivity index (χ3n) is 2.90. The molecule has 0 aliphatic carbocycles. The predicted octanol–water partition coefficient (Wildman–Crippen LogP) is 4.90. The Kier molecular flexibility index (Phi) is 4.48. The summed E-state index contributed by atoms with van der Waals surface area (Å²) in [6.45, 7) is 3.80. The lowest BCUT2D eigenvalue weighted by Gasteiger charge is -2.06. The zero-order valence-electron chi connectivity index (χ0n) is 10.8. The molecule has 1 aromatic carbocycles. The summed E-state index contributed by atoms with van der Waals surface area (Å²) in [5.41, 5.74) is 1.90. The molecule has 1 aromatic heterocycles. The maximum absolute atomic E-state index is 12.2. The fraction of sp³-hybridized carbons (Fsp3) is 0.143. The van der Waals surface area contributed by atoms with Crippen LogP contribution in [0, 0.1) is 25.2 Å². The first kappa shape index (κ1) is 15.0. The lowest BCUT2D eigenvalue weighted by atomic mass is 10.1. The lowest BCUT2D eigenvalue weighted by molar-refractivity contribution is 0.102. The number of carbonyl (C=O) groups is 1. The lowest BCUT2D eigenvalue weighted by Crippen LogP contribution is -2.12. The zero-order chi connectivity index (χ0) is 14.9. The fourth-order valence-electron chi connectivity index (χ4n) is 1.69. The van der Waals surface area contributed by atoms with Crippen LogP contribution in [0.5, 0.6) is 0 Å². The van der Waals surface area contributed by atoms with Crippen LogP contribution in [0.1, 0.15) is 26.4 Å². The number of thiophene rings is 1. The quantitative estimate of drug-likeness (QED) is 0.818. The molecule has 0 fully saturated rings. The summed E-state index contributed by atoms with van der Waals surface area (Å²) in [5.74, 6) is -0.272. The van der Waals surface area contributed by atoms with Crippen LogP contribution in [0.2, 0.25) is 5.02 Å². The number of halogens is 2. The van der Waals surface area contributed by atoms with E-state index in [1.165, 1.54) is 11.3 Å². The molecule has 0 atom stereocenters. The maximum atomic E-state index is 12.2. The minimum absolute atomic E-state index is 0.272. The third kappa shape index (κ3) is 2.88. The van der Waals surface area contributed by atoms with Crippen LogP contribution < -0.4 is 5.32 Å². The van der Waals surface area contributed by atoms with E-state index in [0.717, 1.165) is 10.4 Å². The first-order chi connectivity index (χ1) is 9.43. The van der Waals surface area contributed by atoms with Crippen molar-refractivity contribution in [2.45, 2.75) is 13.8 Å². The van der Waals surface area contributed by atoms with E-state index in [1.54, 1.807) is 18.2 Å². The molecule has 0 aliphatic heterocycles. The van der Waals surface area contributed by atoms with Gasteiger partial charge >= 0.3 is 0 Å². The minimum Gasteiger partial charge on any atom is -0.312 e. The van der Waals surface area contributed by atoms with Crippen LogP contribution in [-0.4, -0.2) is 5.91 Å². The SMILES string of the molecule is Cc1sc(NC(=O)c2ccc(Cl)cc2Br)c(C#N)c1C. The normalized spacial score (nSPS) is 10.2. The highest BCUT2D eigenvalue weighted by Crippen LogP contribution is 2.32. The number of anilines is 1. The van der Waals surface area contributed by atoms with Crippen molar-refractivity contribution in [3.63, 3.8) is 0 Å². The molecule has 6 heteroatoms. The Hall–Kier alpha value is -1.35. The first-order valence-electron chi connectivity index (χ1n) is 5.70. The number of rotatable bonds is 2. The van der Waals surface area contributed by atoms with E-state index >= 15 is 0 Å². The second kappa shape index (κ2) is 5.96. The van der Waals surface area contributed by atoms with Crippen molar-refractivity contribution in [2.75, 3.05) is 5.32 Å². The van der Waals surface area contributed by atoms with E-state index in [0.29, 0.717) is 25.6 Å². The molecule has 0 radical (unpaired) electrons. The summed E-state index contributed by atoms with van der Waals surface area (Å²) in [6, 6.07) is 7.08. The molecule has 0 bridgehead atoms.